The Kier molecular flexibility index (Phi) is 2.49. The van der Waals surface area contributed by atoms with Crippen LogP contribution in [0.25, 0.3) is 0 Å². The standard InChI is InChI=1S/C9H7BrFN/c1-5-3-8(10)9(11)7(4-12)6(5)2/h3H,1-2H3. The van der Waals surface area contributed by atoms with Gasteiger partial charge in [-0.3, -0.25) is 0 Å². The van der Waals surface area contributed by atoms with Crippen molar-refractivity contribution < 1.29 is 4.39 Å². The molecule has 0 fully saturated rings. The number of aryl methyl sites for hydroxylation is 1. The summed E-state index contributed by atoms with van der Waals surface area (Å²) >= 11 is 3.05. The number of hydrogen-bond acceptors (Lipinski definition) is 1. The summed E-state index contributed by atoms with van der Waals surface area (Å²) < 4.78 is 13.5. The molecule has 0 aliphatic heterocycles. The lowest BCUT2D eigenvalue weighted by atomic mass is 10.0. The topological polar surface area (TPSA) is 23.8 Å². The van der Waals surface area contributed by atoms with Gasteiger partial charge >= 0.3 is 0 Å². The van der Waals surface area contributed by atoms with E-state index in [4.69, 9.17) is 5.26 Å². The SMILES string of the molecule is Cc1cc(Br)c(F)c(C#N)c1C. The Morgan fingerprint density at radius 2 is 2.08 bits per heavy atom. The zero-order chi connectivity index (χ0) is 9.30. The van der Waals surface area contributed by atoms with Crippen molar-refractivity contribution >= 4 is 15.9 Å². The smallest absolute Gasteiger partial charge is 0.155 e. The minimum absolute atomic E-state index is 0.127. The molecule has 0 saturated heterocycles. The minimum Gasteiger partial charge on any atom is -0.204 e. The molecule has 1 nitrogen and oxygen atoms in total. The van der Waals surface area contributed by atoms with Crippen LogP contribution in [0.3, 0.4) is 0 Å². The lowest BCUT2D eigenvalue weighted by Gasteiger charge is -2.04. The van der Waals surface area contributed by atoms with E-state index in [-0.39, 0.29) is 5.56 Å². The number of nitriles is 1. The van der Waals surface area contributed by atoms with E-state index in [1.807, 2.05) is 13.0 Å². The first kappa shape index (κ1) is 9.21. The van der Waals surface area contributed by atoms with Crippen LogP contribution in [0.1, 0.15) is 16.7 Å². The third kappa shape index (κ3) is 1.35. The first-order valence-electron chi connectivity index (χ1n) is 3.43. The van der Waals surface area contributed by atoms with Gasteiger partial charge in [-0.05, 0) is 47.0 Å². The van der Waals surface area contributed by atoms with Crippen LogP contribution in [0.4, 0.5) is 4.39 Å². The maximum atomic E-state index is 13.2. The first-order chi connectivity index (χ1) is 5.57. The van der Waals surface area contributed by atoms with Crippen molar-refractivity contribution in [1.82, 2.24) is 0 Å². The molecule has 0 amide bonds. The molecule has 0 bridgehead atoms. The van der Waals surface area contributed by atoms with Crippen molar-refractivity contribution in [2.75, 3.05) is 0 Å². The Bertz CT molecular complexity index is 340. The van der Waals surface area contributed by atoms with Gasteiger partial charge in [0.2, 0.25) is 0 Å². The van der Waals surface area contributed by atoms with Gasteiger partial charge in [0, 0.05) is 0 Å². The van der Waals surface area contributed by atoms with Crippen LogP contribution in [0, 0.1) is 31.0 Å². The molecular formula is C9H7BrFN. The molecule has 1 aromatic carbocycles. The quantitative estimate of drug-likeness (QED) is 0.669. The fraction of sp³-hybridized carbons (Fsp3) is 0.222. The fourth-order valence-corrected chi connectivity index (χ4v) is 1.52. The first-order valence-corrected chi connectivity index (χ1v) is 4.22. The Morgan fingerprint density at radius 1 is 1.50 bits per heavy atom. The van der Waals surface area contributed by atoms with E-state index in [9.17, 15) is 4.39 Å². The molecular weight excluding hydrogens is 221 g/mol. The van der Waals surface area contributed by atoms with Crippen molar-refractivity contribution in [3.05, 3.63) is 33.0 Å². The highest BCUT2D eigenvalue weighted by Crippen LogP contribution is 2.24. The van der Waals surface area contributed by atoms with Gasteiger partial charge < -0.3 is 0 Å². The monoisotopic (exact) mass is 227 g/mol. The molecule has 3 heteroatoms. The molecule has 0 aromatic heterocycles. The molecule has 0 unspecified atom stereocenters. The predicted molar refractivity (Wildman–Crippen MR) is 48.3 cm³/mol. The highest BCUT2D eigenvalue weighted by atomic mass is 79.9. The van der Waals surface area contributed by atoms with E-state index < -0.39 is 5.82 Å². The van der Waals surface area contributed by atoms with Crippen LogP contribution >= 0.6 is 15.9 Å². The number of benzene rings is 1. The normalized spacial score (nSPS) is 9.58. The lowest BCUT2D eigenvalue weighted by molar-refractivity contribution is 0.615. The van der Waals surface area contributed by atoms with Crippen molar-refractivity contribution in [3.63, 3.8) is 0 Å². The Balaban J connectivity index is 3.56. The summed E-state index contributed by atoms with van der Waals surface area (Å²) in [5, 5.41) is 8.64. The largest absolute Gasteiger partial charge is 0.204 e. The van der Waals surface area contributed by atoms with Crippen molar-refractivity contribution in [2.45, 2.75) is 13.8 Å². The zero-order valence-electron chi connectivity index (χ0n) is 6.78. The third-order valence-electron chi connectivity index (χ3n) is 1.85. The maximum absolute atomic E-state index is 13.2. The summed E-state index contributed by atoms with van der Waals surface area (Å²) in [5.41, 5.74) is 1.75. The molecule has 0 spiro atoms. The molecule has 0 heterocycles. The number of hydrogen-bond donors (Lipinski definition) is 0. The van der Waals surface area contributed by atoms with E-state index >= 15 is 0 Å². The van der Waals surface area contributed by atoms with Gasteiger partial charge in [0.1, 0.15) is 6.07 Å². The number of halogens is 2. The molecule has 0 aliphatic rings. The summed E-state index contributed by atoms with van der Waals surface area (Å²) in [7, 11) is 0. The summed E-state index contributed by atoms with van der Waals surface area (Å²) in [6.07, 6.45) is 0. The summed E-state index contributed by atoms with van der Waals surface area (Å²) in [6.45, 7) is 3.59. The van der Waals surface area contributed by atoms with Gasteiger partial charge in [-0.15, -0.1) is 0 Å². The molecule has 0 saturated carbocycles. The van der Waals surface area contributed by atoms with Crippen molar-refractivity contribution in [2.24, 2.45) is 0 Å². The molecule has 0 N–H and O–H groups in total. The Morgan fingerprint density at radius 3 is 2.58 bits per heavy atom. The van der Waals surface area contributed by atoms with Crippen LogP contribution in [0.2, 0.25) is 0 Å². The Labute approximate surface area is 79.0 Å². The zero-order valence-corrected chi connectivity index (χ0v) is 8.37. The van der Waals surface area contributed by atoms with E-state index in [1.54, 1.807) is 13.0 Å². The third-order valence-corrected chi connectivity index (χ3v) is 2.43. The minimum atomic E-state index is -0.472. The van der Waals surface area contributed by atoms with Crippen LogP contribution in [0.5, 0.6) is 0 Å². The number of rotatable bonds is 0. The highest BCUT2D eigenvalue weighted by molar-refractivity contribution is 9.10. The van der Waals surface area contributed by atoms with E-state index in [0.29, 0.717) is 10.0 Å². The molecule has 0 atom stereocenters. The average molecular weight is 228 g/mol. The highest BCUT2D eigenvalue weighted by Gasteiger charge is 2.10. The van der Waals surface area contributed by atoms with Gasteiger partial charge in [-0.2, -0.15) is 5.26 Å². The van der Waals surface area contributed by atoms with Gasteiger partial charge in [0.15, 0.2) is 5.82 Å². The van der Waals surface area contributed by atoms with Gasteiger partial charge in [0.25, 0.3) is 0 Å². The van der Waals surface area contributed by atoms with E-state index in [2.05, 4.69) is 15.9 Å². The lowest BCUT2D eigenvalue weighted by Crippen LogP contribution is -1.93. The molecule has 0 aliphatic carbocycles. The van der Waals surface area contributed by atoms with Crippen molar-refractivity contribution in [1.29, 1.82) is 5.26 Å². The van der Waals surface area contributed by atoms with Crippen LogP contribution in [0.15, 0.2) is 10.5 Å². The van der Waals surface area contributed by atoms with E-state index in [1.165, 1.54) is 0 Å². The van der Waals surface area contributed by atoms with Crippen molar-refractivity contribution in [3.8, 4) is 6.07 Å². The summed E-state index contributed by atoms with van der Waals surface area (Å²) in [4.78, 5) is 0. The summed E-state index contributed by atoms with van der Waals surface area (Å²) in [6, 6.07) is 3.51. The second-order valence-electron chi connectivity index (χ2n) is 2.60. The molecule has 1 aromatic rings. The van der Waals surface area contributed by atoms with Crippen LogP contribution < -0.4 is 0 Å². The van der Waals surface area contributed by atoms with Gasteiger partial charge in [-0.25, -0.2) is 4.39 Å². The van der Waals surface area contributed by atoms with Gasteiger partial charge in [-0.1, -0.05) is 0 Å². The molecule has 0 radical (unpaired) electrons. The predicted octanol–water partition coefficient (Wildman–Crippen LogP) is 3.08. The average Bonchev–Trinajstić information content (AvgIpc) is 2.02. The Hall–Kier alpha value is -0.880. The fourth-order valence-electron chi connectivity index (χ4n) is 0.976. The number of nitrogens with zero attached hydrogens (tertiary/aromatic N) is 1. The van der Waals surface area contributed by atoms with E-state index in [0.717, 1.165) is 5.56 Å². The summed E-state index contributed by atoms with van der Waals surface area (Å²) in [5.74, 6) is -0.472. The molecule has 1 rings (SSSR count). The van der Waals surface area contributed by atoms with Gasteiger partial charge in [0.05, 0.1) is 10.0 Å². The second kappa shape index (κ2) is 3.24. The molecule has 62 valence electrons. The van der Waals surface area contributed by atoms with Crippen LogP contribution in [-0.2, 0) is 0 Å². The van der Waals surface area contributed by atoms with Crippen LogP contribution in [-0.4, -0.2) is 0 Å². The maximum Gasteiger partial charge on any atom is 0.155 e. The second-order valence-corrected chi connectivity index (χ2v) is 3.46. The molecule has 12 heavy (non-hydrogen) atoms.